The van der Waals surface area contributed by atoms with E-state index in [9.17, 15) is 5.11 Å². The Morgan fingerprint density at radius 3 is 2.86 bits per heavy atom. The fourth-order valence-electron chi connectivity index (χ4n) is 1.85. The zero-order valence-corrected chi connectivity index (χ0v) is 9.76. The van der Waals surface area contributed by atoms with Gasteiger partial charge in [0.2, 0.25) is 0 Å². The Balaban J connectivity index is 2.34. The van der Waals surface area contributed by atoms with E-state index in [1.807, 2.05) is 13.0 Å². The summed E-state index contributed by atoms with van der Waals surface area (Å²) in [4.78, 5) is 0. The van der Waals surface area contributed by atoms with Gasteiger partial charge in [-0.05, 0) is 44.0 Å². The lowest BCUT2D eigenvalue weighted by Crippen LogP contribution is -2.12. The number of hydrogen-bond acceptors (Lipinski definition) is 2. The zero-order valence-electron chi connectivity index (χ0n) is 8.18. The first-order chi connectivity index (χ1) is 6.68. The molecule has 2 rings (SSSR count). The van der Waals surface area contributed by atoms with E-state index in [4.69, 9.17) is 0 Å². The van der Waals surface area contributed by atoms with Gasteiger partial charge in [0.1, 0.15) is 5.75 Å². The molecule has 0 saturated carbocycles. The quantitative estimate of drug-likeness (QED) is 0.809. The number of rotatable bonds is 1. The van der Waals surface area contributed by atoms with Crippen molar-refractivity contribution in [3.8, 4) is 5.75 Å². The van der Waals surface area contributed by atoms with E-state index in [1.165, 1.54) is 12.0 Å². The van der Waals surface area contributed by atoms with E-state index in [0.29, 0.717) is 11.8 Å². The fraction of sp³-hybridized carbons (Fsp3) is 0.455. The molecule has 2 N–H and O–H groups in total. The van der Waals surface area contributed by atoms with Gasteiger partial charge in [-0.1, -0.05) is 15.9 Å². The third kappa shape index (κ3) is 1.79. The van der Waals surface area contributed by atoms with Crippen molar-refractivity contribution in [2.45, 2.75) is 25.8 Å². The Morgan fingerprint density at radius 1 is 1.50 bits per heavy atom. The van der Waals surface area contributed by atoms with E-state index < -0.39 is 0 Å². The molecule has 3 heteroatoms. The lowest BCUT2D eigenvalue weighted by Gasteiger charge is -2.13. The third-order valence-corrected chi connectivity index (χ3v) is 3.63. The lowest BCUT2D eigenvalue weighted by molar-refractivity contribution is 0.468. The number of aromatic hydroxyl groups is 1. The normalized spacial score (nSPS) is 21.4. The number of halogens is 1. The predicted octanol–water partition coefficient (Wildman–Crippen LogP) is 2.89. The molecule has 2 nitrogen and oxygen atoms in total. The van der Waals surface area contributed by atoms with Crippen LogP contribution in [0.25, 0.3) is 0 Å². The van der Waals surface area contributed by atoms with Gasteiger partial charge in [0, 0.05) is 16.1 Å². The highest BCUT2D eigenvalue weighted by atomic mass is 79.9. The summed E-state index contributed by atoms with van der Waals surface area (Å²) in [5, 5.41) is 13.1. The topological polar surface area (TPSA) is 32.3 Å². The van der Waals surface area contributed by atoms with E-state index in [-0.39, 0.29) is 0 Å². The average Bonchev–Trinajstić information content (AvgIpc) is 2.66. The molecular weight excluding hydrogens is 242 g/mol. The molecule has 0 aliphatic carbocycles. The Hall–Kier alpha value is -0.540. The second-order valence-corrected chi connectivity index (χ2v) is 4.65. The van der Waals surface area contributed by atoms with Crippen LogP contribution in [0.4, 0.5) is 0 Å². The van der Waals surface area contributed by atoms with Crippen LogP contribution in [0.2, 0.25) is 0 Å². The van der Waals surface area contributed by atoms with Gasteiger partial charge in [-0.15, -0.1) is 0 Å². The van der Waals surface area contributed by atoms with Crippen LogP contribution < -0.4 is 5.32 Å². The molecule has 1 fully saturated rings. The van der Waals surface area contributed by atoms with Gasteiger partial charge >= 0.3 is 0 Å². The SMILES string of the molecule is Cc1c(O)cc(C2CCCN2)cc1Br. The van der Waals surface area contributed by atoms with Gasteiger partial charge in [-0.2, -0.15) is 0 Å². The second kappa shape index (κ2) is 3.91. The summed E-state index contributed by atoms with van der Waals surface area (Å²) in [6.45, 7) is 2.99. The number of phenols is 1. The minimum Gasteiger partial charge on any atom is -0.508 e. The predicted molar refractivity (Wildman–Crippen MR) is 60.5 cm³/mol. The summed E-state index contributed by atoms with van der Waals surface area (Å²) >= 11 is 3.46. The molecule has 1 unspecified atom stereocenters. The first kappa shape index (κ1) is 9.99. The van der Waals surface area contributed by atoms with Crippen LogP contribution in [0.1, 0.15) is 30.0 Å². The van der Waals surface area contributed by atoms with E-state index in [0.717, 1.165) is 23.0 Å². The Bertz CT molecular complexity index is 322. The van der Waals surface area contributed by atoms with Crippen molar-refractivity contribution >= 4 is 15.9 Å². The molecule has 1 atom stereocenters. The van der Waals surface area contributed by atoms with Crippen LogP contribution in [0.5, 0.6) is 5.75 Å². The number of nitrogens with one attached hydrogen (secondary N) is 1. The van der Waals surface area contributed by atoms with Crippen LogP contribution in [-0.4, -0.2) is 11.7 Å². The van der Waals surface area contributed by atoms with Crippen LogP contribution in [0.3, 0.4) is 0 Å². The van der Waals surface area contributed by atoms with Crippen molar-refractivity contribution in [1.29, 1.82) is 0 Å². The van der Waals surface area contributed by atoms with Crippen molar-refractivity contribution < 1.29 is 5.11 Å². The molecule has 1 saturated heterocycles. The highest BCUT2D eigenvalue weighted by molar-refractivity contribution is 9.10. The molecule has 0 aromatic heterocycles. The Kier molecular flexibility index (Phi) is 2.79. The van der Waals surface area contributed by atoms with Gasteiger partial charge in [0.05, 0.1) is 0 Å². The highest BCUT2D eigenvalue weighted by Crippen LogP contribution is 2.32. The van der Waals surface area contributed by atoms with E-state index in [1.54, 1.807) is 0 Å². The van der Waals surface area contributed by atoms with Crippen LogP contribution in [0, 0.1) is 6.92 Å². The highest BCUT2D eigenvalue weighted by Gasteiger charge is 2.17. The molecule has 1 aliphatic heterocycles. The van der Waals surface area contributed by atoms with Crippen LogP contribution in [0.15, 0.2) is 16.6 Å². The average molecular weight is 256 g/mol. The van der Waals surface area contributed by atoms with Gasteiger partial charge in [0.15, 0.2) is 0 Å². The molecular formula is C11H14BrNO. The molecule has 1 aromatic rings. The summed E-state index contributed by atoms with van der Waals surface area (Å²) in [5.41, 5.74) is 2.09. The van der Waals surface area contributed by atoms with Crippen molar-refractivity contribution in [1.82, 2.24) is 5.32 Å². The smallest absolute Gasteiger partial charge is 0.119 e. The minimum atomic E-state index is 0.378. The third-order valence-electron chi connectivity index (χ3n) is 2.80. The largest absolute Gasteiger partial charge is 0.508 e. The molecule has 0 radical (unpaired) electrons. The maximum Gasteiger partial charge on any atom is 0.119 e. The fourth-order valence-corrected chi connectivity index (χ4v) is 2.32. The Morgan fingerprint density at radius 2 is 2.29 bits per heavy atom. The molecule has 1 heterocycles. The summed E-state index contributed by atoms with van der Waals surface area (Å²) in [5.74, 6) is 0.378. The van der Waals surface area contributed by atoms with Crippen molar-refractivity contribution in [2.24, 2.45) is 0 Å². The van der Waals surface area contributed by atoms with Gasteiger partial charge in [-0.3, -0.25) is 0 Å². The lowest BCUT2D eigenvalue weighted by atomic mass is 10.0. The number of phenolic OH excluding ortho intramolecular Hbond substituents is 1. The van der Waals surface area contributed by atoms with Crippen molar-refractivity contribution in [2.75, 3.05) is 6.54 Å². The summed E-state index contributed by atoms with van der Waals surface area (Å²) in [6.07, 6.45) is 2.38. The van der Waals surface area contributed by atoms with E-state index in [2.05, 4.69) is 27.3 Å². The van der Waals surface area contributed by atoms with Crippen LogP contribution >= 0.6 is 15.9 Å². The molecule has 14 heavy (non-hydrogen) atoms. The molecule has 76 valence electrons. The van der Waals surface area contributed by atoms with E-state index >= 15 is 0 Å². The molecule has 1 aromatic carbocycles. The number of benzene rings is 1. The Labute approximate surface area is 92.5 Å². The zero-order chi connectivity index (χ0) is 10.1. The van der Waals surface area contributed by atoms with Crippen molar-refractivity contribution in [3.63, 3.8) is 0 Å². The first-order valence-corrected chi connectivity index (χ1v) is 5.70. The maximum atomic E-state index is 9.68. The first-order valence-electron chi connectivity index (χ1n) is 4.91. The van der Waals surface area contributed by atoms with Crippen LogP contribution in [-0.2, 0) is 0 Å². The van der Waals surface area contributed by atoms with Gasteiger partial charge < -0.3 is 10.4 Å². The summed E-state index contributed by atoms with van der Waals surface area (Å²) < 4.78 is 0.987. The maximum absolute atomic E-state index is 9.68. The van der Waals surface area contributed by atoms with Crippen molar-refractivity contribution in [3.05, 3.63) is 27.7 Å². The molecule has 0 spiro atoms. The molecule has 0 amide bonds. The second-order valence-electron chi connectivity index (χ2n) is 3.80. The standard InChI is InChI=1S/C11H14BrNO/c1-7-9(12)5-8(6-11(7)14)10-3-2-4-13-10/h5-6,10,13-14H,2-4H2,1H3. The summed E-state index contributed by atoms with van der Waals surface area (Å²) in [6, 6.07) is 4.37. The monoisotopic (exact) mass is 255 g/mol. The molecule has 0 bridgehead atoms. The number of hydrogen-bond donors (Lipinski definition) is 2. The molecule has 1 aliphatic rings. The summed E-state index contributed by atoms with van der Waals surface area (Å²) in [7, 11) is 0. The van der Waals surface area contributed by atoms with Gasteiger partial charge in [0.25, 0.3) is 0 Å². The van der Waals surface area contributed by atoms with Gasteiger partial charge in [-0.25, -0.2) is 0 Å². The minimum absolute atomic E-state index is 0.378.